The summed E-state index contributed by atoms with van der Waals surface area (Å²) in [5.41, 5.74) is 1.09. The number of halogens is 2. The maximum absolute atomic E-state index is 12.3. The monoisotopic (exact) mass is 379 g/mol. The van der Waals surface area contributed by atoms with Crippen LogP contribution in [0.15, 0.2) is 47.1 Å². The number of benzene rings is 1. The van der Waals surface area contributed by atoms with Crippen LogP contribution in [0.5, 0.6) is 0 Å². The number of carbonyl (C=O) groups excluding carboxylic acids is 1. The van der Waals surface area contributed by atoms with E-state index in [4.69, 9.17) is 11.6 Å². The van der Waals surface area contributed by atoms with Crippen LogP contribution in [0.4, 0.5) is 5.82 Å². The Morgan fingerprint density at radius 1 is 1.14 bits per heavy atom. The van der Waals surface area contributed by atoms with Crippen LogP contribution in [0.2, 0.25) is 5.02 Å². The molecule has 1 aliphatic heterocycles. The summed E-state index contributed by atoms with van der Waals surface area (Å²) in [7, 11) is 0. The average molecular weight is 381 g/mol. The van der Waals surface area contributed by atoms with Crippen molar-refractivity contribution in [3.05, 3.63) is 57.7 Å². The van der Waals surface area contributed by atoms with Gasteiger partial charge in [-0.1, -0.05) is 23.7 Å². The highest BCUT2D eigenvalue weighted by molar-refractivity contribution is 9.10. The van der Waals surface area contributed by atoms with Crippen molar-refractivity contribution in [1.82, 2.24) is 9.88 Å². The highest BCUT2D eigenvalue weighted by Crippen LogP contribution is 2.18. The molecule has 1 aromatic heterocycles. The molecule has 0 spiro atoms. The second kappa shape index (κ2) is 6.67. The zero-order valence-corrected chi connectivity index (χ0v) is 14.2. The predicted molar refractivity (Wildman–Crippen MR) is 91.0 cm³/mol. The molecule has 3 rings (SSSR count). The summed E-state index contributed by atoms with van der Waals surface area (Å²) >= 11 is 9.25. The third-order valence-corrected chi connectivity index (χ3v) is 4.36. The number of nitrogens with zero attached hydrogens (tertiary/aromatic N) is 3. The van der Waals surface area contributed by atoms with Crippen LogP contribution < -0.4 is 4.90 Å². The molecule has 2 aromatic rings. The van der Waals surface area contributed by atoms with E-state index in [9.17, 15) is 4.79 Å². The number of hydrogen-bond acceptors (Lipinski definition) is 3. The molecule has 0 radical (unpaired) electrons. The van der Waals surface area contributed by atoms with Crippen molar-refractivity contribution < 1.29 is 4.79 Å². The number of piperazine rings is 1. The highest BCUT2D eigenvalue weighted by Gasteiger charge is 2.24. The largest absolute Gasteiger partial charge is 0.346 e. The van der Waals surface area contributed by atoms with Gasteiger partial charge >= 0.3 is 0 Å². The Balaban J connectivity index is 1.63. The van der Waals surface area contributed by atoms with E-state index < -0.39 is 0 Å². The van der Waals surface area contributed by atoms with Crippen molar-refractivity contribution in [2.24, 2.45) is 0 Å². The Kier molecular flexibility index (Phi) is 4.64. The minimum Gasteiger partial charge on any atom is -0.346 e. The molecule has 0 aliphatic carbocycles. The number of carbonyl (C=O) groups is 1. The van der Waals surface area contributed by atoms with Gasteiger partial charge < -0.3 is 9.80 Å². The molecule has 1 saturated heterocycles. The average Bonchev–Trinajstić information content (AvgIpc) is 2.52. The summed E-state index contributed by atoms with van der Waals surface area (Å²) in [5.74, 6) is 0.952. The van der Waals surface area contributed by atoms with Crippen molar-refractivity contribution in [2.75, 3.05) is 24.5 Å². The fourth-order valence-electron chi connectivity index (χ4n) is 2.44. The van der Waals surface area contributed by atoms with Crippen LogP contribution in [0, 0.1) is 0 Å². The molecular formula is C16H15BrClN3O. The third-order valence-electron chi connectivity index (χ3n) is 3.64. The van der Waals surface area contributed by atoms with Gasteiger partial charge in [-0.05, 0) is 45.8 Å². The number of amides is 1. The minimum atomic E-state index is 0.117. The molecular weight excluding hydrogens is 366 g/mol. The van der Waals surface area contributed by atoms with E-state index in [2.05, 4.69) is 20.9 Å². The van der Waals surface area contributed by atoms with Crippen LogP contribution >= 0.6 is 27.5 Å². The standard InChI is InChI=1S/C16H15BrClN3O/c17-13-3-6-15(19-9-13)20-7-8-21(16(22)11-20)10-12-1-4-14(18)5-2-12/h1-6,9H,7-8,10-11H2. The smallest absolute Gasteiger partial charge is 0.242 e. The first-order valence-electron chi connectivity index (χ1n) is 7.00. The van der Waals surface area contributed by atoms with E-state index in [0.29, 0.717) is 24.7 Å². The summed E-state index contributed by atoms with van der Waals surface area (Å²) in [6.07, 6.45) is 1.75. The van der Waals surface area contributed by atoms with Gasteiger partial charge in [0.25, 0.3) is 0 Å². The molecule has 114 valence electrons. The molecule has 0 N–H and O–H groups in total. The lowest BCUT2D eigenvalue weighted by Gasteiger charge is -2.35. The van der Waals surface area contributed by atoms with Crippen molar-refractivity contribution >= 4 is 39.3 Å². The number of pyridine rings is 1. The predicted octanol–water partition coefficient (Wildman–Crippen LogP) is 3.35. The summed E-state index contributed by atoms with van der Waals surface area (Å²) in [6.45, 7) is 2.47. The Morgan fingerprint density at radius 2 is 1.91 bits per heavy atom. The lowest BCUT2D eigenvalue weighted by atomic mass is 10.2. The zero-order chi connectivity index (χ0) is 15.5. The minimum absolute atomic E-state index is 0.117. The molecule has 22 heavy (non-hydrogen) atoms. The molecule has 2 heterocycles. The molecule has 0 unspecified atom stereocenters. The van der Waals surface area contributed by atoms with Gasteiger partial charge in [0.05, 0.1) is 6.54 Å². The van der Waals surface area contributed by atoms with Crippen LogP contribution in [0.3, 0.4) is 0 Å². The summed E-state index contributed by atoms with van der Waals surface area (Å²) in [6, 6.07) is 11.5. The van der Waals surface area contributed by atoms with Gasteiger partial charge in [-0.3, -0.25) is 4.79 Å². The van der Waals surface area contributed by atoms with E-state index in [1.807, 2.05) is 46.2 Å². The highest BCUT2D eigenvalue weighted by atomic mass is 79.9. The zero-order valence-electron chi connectivity index (χ0n) is 11.9. The topological polar surface area (TPSA) is 36.4 Å². The summed E-state index contributed by atoms with van der Waals surface area (Å²) < 4.78 is 0.934. The first-order chi connectivity index (χ1) is 10.6. The Morgan fingerprint density at radius 3 is 2.55 bits per heavy atom. The fraction of sp³-hybridized carbons (Fsp3) is 0.250. The first kappa shape index (κ1) is 15.3. The maximum Gasteiger partial charge on any atom is 0.242 e. The first-order valence-corrected chi connectivity index (χ1v) is 8.17. The van der Waals surface area contributed by atoms with E-state index in [1.54, 1.807) is 6.20 Å². The number of aromatic nitrogens is 1. The van der Waals surface area contributed by atoms with Gasteiger partial charge in [0.15, 0.2) is 0 Å². The van der Waals surface area contributed by atoms with Crippen LogP contribution in [0.1, 0.15) is 5.56 Å². The van der Waals surface area contributed by atoms with Crippen LogP contribution in [-0.2, 0) is 11.3 Å². The summed E-state index contributed by atoms with van der Waals surface area (Å²) in [5, 5.41) is 0.709. The van der Waals surface area contributed by atoms with E-state index >= 15 is 0 Å². The Bertz CT molecular complexity index is 660. The SMILES string of the molecule is O=C1CN(c2ccc(Br)cn2)CCN1Cc1ccc(Cl)cc1. The molecule has 0 atom stereocenters. The lowest BCUT2D eigenvalue weighted by Crippen LogP contribution is -2.50. The van der Waals surface area contributed by atoms with Crippen molar-refractivity contribution in [3.63, 3.8) is 0 Å². The van der Waals surface area contributed by atoms with Crippen molar-refractivity contribution in [1.29, 1.82) is 0 Å². The van der Waals surface area contributed by atoms with Gasteiger partial charge in [0, 0.05) is 35.3 Å². The fourth-order valence-corrected chi connectivity index (χ4v) is 2.80. The second-order valence-corrected chi connectivity index (χ2v) is 6.55. The van der Waals surface area contributed by atoms with Crippen LogP contribution in [-0.4, -0.2) is 35.4 Å². The molecule has 0 saturated carbocycles. The number of anilines is 1. The number of rotatable bonds is 3. The second-order valence-electron chi connectivity index (χ2n) is 5.20. The Hall–Kier alpha value is -1.59. The van der Waals surface area contributed by atoms with Gasteiger partial charge in [0.2, 0.25) is 5.91 Å². The van der Waals surface area contributed by atoms with Crippen LogP contribution in [0.25, 0.3) is 0 Å². The maximum atomic E-state index is 12.3. The van der Waals surface area contributed by atoms with Crippen molar-refractivity contribution in [3.8, 4) is 0 Å². The molecule has 1 fully saturated rings. The third kappa shape index (κ3) is 3.59. The van der Waals surface area contributed by atoms with Gasteiger partial charge in [-0.2, -0.15) is 0 Å². The van der Waals surface area contributed by atoms with Crippen molar-refractivity contribution in [2.45, 2.75) is 6.54 Å². The van der Waals surface area contributed by atoms with E-state index in [-0.39, 0.29) is 5.91 Å². The summed E-state index contributed by atoms with van der Waals surface area (Å²) in [4.78, 5) is 20.6. The molecule has 0 bridgehead atoms. The van der Waals surface area contributed by atoms with Gasteiger partial charge in [-0.15, -0.1) is 0 Å². The van der Waals surface area contributed by atoms with E-state index in [1.165, 1.54) is 0 Å². The lowest BCUT2D eigenvalue weighted by molar-refractivity contribution is -0.131. The molecule has 4 nitrogen and oxygen atoms in total. The van der Waals surface area contributed by atoms with Gasteiger partial charge in [-0.25, -0.2) is 4.98 Å². The molecule has 6 heteroatoms. The number of hydrogen-bond donors (Lipinski definition) is 0. The molecule has 1 amide bonds. The normalized spacial score (nSPS) is 15.3. The molecule has 1 aliphatic rings. The Labute approximate surface area is 142 Å². The van der Waals surface area contributed by atoms with E-state index in [0.717, 1.165) is 22.4 Å². The quantitative estimate of drug-likeness (QED) is 0.819. The molecule has 1 aromatic carbocycles. The van der Waals surface area contributed by atoms with Gasteiger partial charge in [0.1, 0.15) is 5.82 Å².